The van der Waals surface area contributed by atoms with Gasteiger partial charge in [-0.05, 0) is 75.8 Å². The molecule has 23 heteroatoms. The van der Waals surface area contributed by atoms with E-state index in [0.717, 1.165) is 16.0 Å². The molecular formula is C52H69ClN7O14S+. The monoisotopic (exact) mass is 1080 g/mol. The topological polar surface area (TPSA) is 261 Å². The Balaban J connectivity index is 1.17. The van der Waals surface area contributed by atoms with E-state index < -0.39 is 113 Å². The second-order valence-corrected chi connectivity index (χ2v) is 22.2. The number of halogens is 1. The van der Waals surface area contributed by atoms with Crippen LogP contribution < -0.4 is 30.9 Å². The number of ether oxygens (including phenoxy) is 5. The van der Waals surface area contributed by atoms with Gasteiger partial charge in [-0.25, -0.2) is 9.59 Å². The van der Waals surface area contributed by atoms with Crippen molar-refractivity contribution in [1.82, 2.24) is 20.9 Å². The van der Waals surface area contributed by atoms with Crippen LogP contribution in [0.4, 0.5) is 16.2 Å². The van der Waals surface area contributed by atoms with Crippen LogP contribution in [0.5, 0.6) is 5.75 Å². The number of alkyl carbamates (subject to hydrolysis) is 1. The van der Waals surface area contributed by atoms with Gasteiger partial charge in [-0.3, -0.25) is 39.0 Å². The van der Waals surface area contributed by atoms with Crippen LogP contribution in [0, 0.1) is 5.92 Å². The number of quaternary nitrogens is 1. The number of aliphatic hydroxyl groups is 1. The standard InChI is InChI=1S/C52H68ClN7O14S/c1-28-13-12-14-39(70-10)52(69)24-37(72-50(68)57-52)29(2)46-51(5,74-46)40(73-44(64)26-60(7,8)9)23-42(62)58(6)35-20-33(19-28)21-36(45(35)53)71-27-32-15-17-34(18-16-32)56-48(66)31(4)55-47(65)30(3)54-41(61)25-59-43(63)22-38(75-11)49(59)67/h12-18,20-21,29-31,37-40,46,69H,19,22-27H2,1-11H3,(H3-,54,55,56,57,61,65,66,68)/p+1/b14-12+,28-13+/t29-,30?,31?,37+,38?,39-,40+,46+,51+,52+/m1/s1. The fourth-order valence-electron chi connectivity index (χ4n) is 9.14. The number of imide groups is 1. The van der Waals surface area contributed by atoms with Crippen LogP contribution in [-0.2, 0) is 65.5 Å². The quantitative estimate of drug-likeness (QED) is 0.0742. The number of likely N-dealkylation sites (tertiary alicyclic amines) is 1. The third kappa shape index (κ3) is 14.5. The molecule has 10 atom stereocenters. The van der Waals surface area contributed by atoms with Crippen LogP contribution in [0.15, 0.2) is 60.2 Å². The molecule has 3 fully saturated rings. The lowest BCUT2D eigenvalue weighted by molar-refractivity contribution is -0.862. The molecule has 4 bridgehead atoms. The first-order valence-corrected chi connectivity index (χ1v) is 26.2. The number of likely N-dealkylation sites (N-methyl/N-ethyl adjacent to an activating group) is 1. The molecule has 2 aromatic rings. The number of nitrogens with zero attached hydrogens (tertiary/aromatic N) is 3. The zero-order valence-corrected chi connectivity index (χ0v) is 45.7. The van der Waals surface area contributed by atoms with Crippen molar-refractivity contribution in [1.29, 1.82) is 0 Å². The molecular weight excluding hydrogens is 1010 g/mol. The average Bonchev–Trinajstić information content (AvgIpc) is 3.96. The van der Waals surface area contributed by atoms with E-state index in [1.54, 1.807) is 75.7 Å². The third-order valence-electron chi connectivity index (χ3n) is 13.5. The molecule has 0 radical (unpaired) electrons. The molecule has 408 valence electrons. The third-order valence-corrected chi connectivity index (χ3v) is 14.9. The van der Waals surface area contributed by atoms with E-state index in [2.05, 4.69) is 21.3 Å². The lowest BCUT2D eigenvalue weighted by Gasteiger charge is -2.42. The molecule has 21 nitrogen and oxygen atoms in total. The summed E-state index contributed by atoms with van der Waals surface area (Å²) in [6, 6.07) is 8.19. The van der Waals surface area contributed by atoms with Gasteiger partial charge in [0.05, 0.1) is 44.6 Å². The maximum absolute atomic E-state index is 14.5. The SMILES string of the molecule is CO[C@@H]1/C=C/C=C(\C)Cc2cc(OCc3ccc(NC(=O)C(C)NC(=O)C(C)NC(=O)CN4C(=O)CC(SC)C4=O)cc3)c(Cl)c(c2)N(C)C(=O)C[C@H](OC(=O)C[N+](C)(C)C)[C@]2(C)O[C@H]2[C@H](C)[C@@H]2C[C@@]1(O)NC(=O)O2. The Morgan fingerprint density at radius 1 is 1.01 bits per heavy atom. The van der Waals surface area contributed by atoms with Gasteiger partial charge in [0.1, 0.15) is 59.9 Å². The minimum absolute atomic E-state index is 0.000417. The lowest BCUT2D eigenvalue weighted by atomic mass is 9.83. The highest BCUT2D eigenvalue weighted by molar-refractivity contribution is 8.00. The molecule has 4 heterocycles. The predicted molar refractivity (Wildman–Crippen MR) is 278 cm³/mol. The van der Waals surface area contributed by atoms with Crippen molar-refractivity contribution in [3.63, 3.8) is 0 Å². The van der Waals surface area contributed by atoms with Crippen LogP contribution >= 0.6 is 23.4 Å². The van der Waals surface area contributed by atoms with Gasteiger partial charge in [-0.1, -0.05) is 54.5 Å². The highest BCUT2D eigenvalue weighted by Gasteiger charge is 2.64. The maximum Gasteiger partial charge on any atom is 0.409 e. The molecule has 0 aromatic heterocycles. The number of hydrogen-bond donors (Lipinski definition) is 5. The van der Waals surface area contributed by atoms with Crippen molar-refractivity contribution in [2.45, 2.75) is 120 Å². The van der Waals surface area contributed by atoms with Crippen LogP contribution in [0.1, 0.15) is 65.0 Å². The second-order valence-electron chi connectivity index (χ2n) is 20.8. The summed E-state index contributed by atoms with van der Waals surface area (Å²) < 4.78 is 30.4. The zero-order valence-electron chi connectivity index (χ0n) is 44.1. The number of thioether (sulfide) groups is 1. The molecule has 3 unspecified atom stereocenters. The molecule has 6 rings (SSSR count). The van der Waals surface area contributed by atoms with Crippen LogP contribution in [0.3, 0.4) is 0 Å². The zero-order chi connectivity index (χ0) is 55.3. The molecule has 75 heavy (non-hydrogen) atoms. The largest absolute Gasteiger partial charge is 0.487 e. The Bertz CT molecular complexity index is 2610. The Morgan fingerprint density at radius 3 is 2.33 bits per heavy atom. The highest BCUT2D eigenvalue weighted by atomic mass is 35.5. The number of hydrogen-bond acceptors (Lipinski definition) is 15. The van der Waals surface area contributed by atoms with Crippen molar-refractivity contribution >= 4 is 82.2 Å². The molecule has 4 aliphatic rings. The number of carbonyl (C=O) groups is 8. The highest BCUT2D eigenvalue weighted by Crippen LogP contribution is 2.49. The number of amides is 7. The normalized spacial score (nSPS) is 28.1. The summed E-state index contributed by atoms with van der Waals surface area (Å²) in [5.41, 5.74) is -0.0527. The van der Waals surface area contributed by atoms with Gasteiger partial charge in [0.15, 0.2) is 12.3 Å². The summed E-state index contributed by atoms with van der Waals surface area (Å²) >= 11 is 8.32. The predicted octanol–water partition coefficient (Wildman–Crippen LogP) is 3.38. The van der Waals surface area contributed by atoms with Gasteiger partial charge in [0.2, 0.25) is 35.4 Å². The number of rotatable bonds is 15. The number of benzene rings is 2. The fraction of sp³-hybridized carbons (Fsp3) is 0.538. The first-order valence-electron chi connectivity index (χ1n) is 24.5. The maximum atomic E-state index is 14.5. The van der Waals surface area contributed by atoms with Crippen LogP contribution in [0.25, 0.3) is 0 Å². The average molecular weight is 1080 g/mol. The Kier molecular flexibility index (Phi) is 18.5. The van der Waals surface area contributed by atoms with Gasteiger partial charge < -0.3 is 54.1 Å². The molecule has 4 aliphatic heterocycles. The Hall–Kier alpha value is -6.04. The summed E-state index contributed by atoms with van der Waals surface area (Å²) in [7, 11) is 8.48. The van der Waals surface area contributed by atoms with Crippen LogP contribution in [0.2, 0.25) is 5.02 Å². The Labute approximate surface area is 445 Å². The van der Waals surface area contributed by atoms with Crippen molar-refractivity contribution in [2.75, 3.05) is 64.9 Å². The van der Waals surface area contributed by atoms with E-state index in [1.165, 1.54) is 37.6 Å². The van der Waals surface area contributed by atoms with E-state index in [4.69, 9.17) is 35.3 Å². The lowest BCUT2D eigenvalue weighted by Crippen LogP contribution is -2.63. The summed E-state index contributed by atoms with van der Waals surface area (Å²) in [6.07, 6.45) is 2.45. The van der Waals surface area contributed by atoms with Gasteiger partial charge in [-0.2, -0.15) is 11.8 Å². The number of nitrogens with one attached hydrogen (secondary N) is 4. The van der Waals surface area contributed by atoms with E-state index in [0.29, 0.717) is 23.4 Å². The summed E-state index contributed by atoms with van der Waals surface area (Å²) in [5.74, 6) is -4.09. The summed E-state index contributed by atoms with van der Waals surface area (Å²) in [6.45, 7) is 7.83. The molecule has 7 amide bonds. The Morgan fingerprint density at radius 2 is 1.69 bits per heavy atom. The van der Waals surface area contributed by atoms with Crippen molar-refractivity contribution < 1.29 is 71.6 Å². The van der Waals surface area contributed by atoms with Gasteiger partial charge in [-0.15, -0.1) is 0 Å². The number of methoxy groups -OCH3 is 1. The molecule has 5 N–H and O–H groups in total. The van der Waals surface area contributed by atoms with E-state index in [-0.39, 0.29) is 47.7 Å². The summed E-state index contributed by atoms with van der Waals surface area (Å²) in [4.78, 5) is 106. The smallest absolute Gasteiger partial charge is 0.409 e. The number of epoxide rings is 1. The van der Waals surface area contributed by atoms with Crippen LogP contribution in [-0.4, -0.2) is 170 Å². The number of anilines is 2. The van der Waals surface area contributed by atoms with E-state index in [9.17, 15) is 43.5 Å². The van der Waals surface area contributed by atoms with Gasteiger partial charge in [0, 0.05) is 38.6 Å². The van der Waals surface area contributed by atoms with Gasteiger partial charge in [0.25, 0.3) is 0 Å². The summed E-state index contributed by atoms with van der Waals surface area (Å²) in [5, 5.41) is 21.7. The van der Waals surface area contributed by atoms with E-state index >= 15 is 0 Å². The minimum Gasteiger partial charge on any atom is -0.487 e. The van der Waals surface area contributed by atoms with E-state index in [1.807, 2.05) is 34.1 Å². The fourth-order valence-corrected chi connectivity index (χ4v) is 10.1. The first kappa shape index (κ1) is 58.2. The first-order chi connectivity index (χ1) is 35.1. The van der Waals surface area contributed by atoms with Crippen molar-refractivity contribution in [2.24, 2.45) is 5.92 Å². The number of allylic oxidation sites excluding steroid dienone is 3. The molecule has 0 saturated carbocycles. The molecule has 2 aromatic carbocycles. The van der Waals surface area contributed by atoms with Crippen molar-refractivity contribution in [3.05, 3.63) is 76.3 Å². The van der Waals surface area contributed by atoms with Crippen molar-refractivity contribution in [3.8, 4) is 5.75 Å². The molecule has 0 aliphatic carbocycles. The molecule has 3 saturated heterocycles. The van der Waals surface area contributed by atoms with Gasteiger partial charge >= 0.3 is 12.1 Å². The number of esters is 1. The minimum atomic E-state index is -1.86. The second kappa shape index (κ2) is 23.9. The number of carbonyl (C=O) groups excluding carboxylic acids is 8. The molecule has 0 spiro atoms. The number of fused-ring (bicyclic) bond motifs is 5.